The van der Waals surface area contributed by atoms with Crippen molar-refractivity contribution in [3.05, 3.63) is 34.4 Å². The molecule has 0 saturated carbocycles. The fourth-order valence-electron chi connectivity index (χ4n) is 3.42. The number of methoxy groups -OCH3 is 1. The van der Waals surface area contributed by atoms with Gasteiger partial charge in [-0.25, -0.2) is 4.79 Å². The number of carbonyl (C=O) groups excluding carboxylic acids is 2. The van der Waals surface area contributed by atoms with Gasteiger partial charge in [0.25, 0.3) is 0 Å². The number of fused-ring (bicyclic) bond motifs is 1. The van der Waals surface area contributed by atoms with Crippen LogP contribution in [0.5, 0.6) is 0 Å². The molecule has 6 nitrogen and oxygen atoms in total. The van der Waals surface area contributed by atoms with Gasteiger partial charge in [0.15, 0.2) is 5.60 Å². The maximum absolute atomic E-state index is 11.9. The molecule has 7 heteroatoms. The minimum Gasteiger partial charge on any atom is -0.467 e. The molecular formula is C18H23ClO6. The topological polar surface area (TPSA) is 93.1 Å². The number of hydrogen-bond acceptors (Lipinski definition) is 6. The second-order valence-electron chi connectivity index (χ2n) is 6.85. The van der Waals surface area contributed by atoms with Crippen molar-refractivity contribution in [2.45, 2.75) is 45.5 Å². The van der Waals surface area contributed by atoms with Gasteiger partial charge in [0.1, 0.15) is 6.10 Å². The Bertz CT molecular complexity index is 690. The van der Waals surface area contributed by atoms with E-state index >= 15 is 0 Å². The van der Waals surface area contributed by atoms with Crippen LogP contribution < -0.4 is 0 Å². The van der Waals surface area contributed by atoms with Crippen molar-refractivity contribution in [3.8, 4) is 0 Å². The minimum atomic E-state index is -2.00. The number of hydrogen-bond donors (Lipinski definition) is 2. The smallest absolute Gasteiger partial charge is 0.342 e. The van der Waals surface area contributed by atoms with Crippen molar-refractivity contribution in [1.29, 1.82) is 0 Å². The third kappa shape index (κ3) is 3.26. The van der Waals surface area contributed by atoms with E-state index in [2.05, 4.69) is 4.74 Å². The molecule has 0 amide bonds. The molecule has 2 rings (SSSR count). The van der Waals surface area contributed by atoms with Crippen LogP contribution in [0.4, 0.5) is 0 Å². The lowest BCUT2D eigenvalue weighted by Crippen LogP contribution is -2.47. The number of aliphatic hydroxyl groups excluding tert-OH is 1. The van der Waals surface area contributed by atoms with Crippen molar-refractivity contribution < 1.29 is 29.3 Å². The first-order valence-corrected chi connectivity index (χ1v) is 8.32. The summed E-state index contributed by atoms with van der Waals surface area (Å²) in [7, 11) is 1.16. The Morgan fingerprint density at radius 2 is 1.96 bits per heavy atom. The molecule has 0 aliphatic heterocycles. The number of ether oxygens (including phenoxy) is 2. The van der Waals surface area contributed by atoms with Crippen LogP contribution >= 0.6 is 11.6 Å². The Hall–Kier alpha value is -1.63. The molecule has 0 aromatic carbocycles. The predicted octanol–water partition coefficient (Wildman–Crippen LogP) is 1.85. The van der Waals surface area contributed by atoms with E-state index in [1.165, 1.54) is 19.9 Å². The first-order valence-electron chi connectivity index (χ1n) is 7.94. The molecule has 25 heavy (non-hydrogen) atoms. The summed E-state index contributed by atoms with van der Waals surface area (Å²) in [5.41, 5.74) is -1.99. The molecule has 0 aromatic heterocycles. The van der Waals surface area contributed by atoms with Crippen LogP contribution in [0.1, 0.15) is 27.7 Å². The van der Waals surface area contributed by atoms with Crippen LogP contribution in [-0.4, -0.2) is 47.1 Å². The van der Waals surface area contributed by atoms with Gasteiger partial charge in [-0.1, -0.05) is 31.5 Å². The molecule has 138 valence electrons. The summed E-state index contributed by atoms with van der Waals surface area (Å²) in [6, 6.07) is 0. The van der Waals surface area contributed by atoms with Crippen molar-refractivity contribution in [2.24, 2.45) is 11.3 Å². The fourth-order valence-corrected chi connectivity index (χ4v) is 3.81. The van der Waals surface area contributed by atoms with Gasteiger partial charge in [-0.3, -0.25) is 4.79 Å². The third-order valence-electron chi connectivity index (χ3n) is 5.13. The molecule has 0 fully saturated rings. The van der Waals surface area contributed by atoms with Crippen molar-refractivity contribution >= 4 is 23.5 Å². The summed E-state index contributed by atoms with van der Waals surface area (Å²) in [5.74, 6) is -1.55. The largest absolute Gasteiger partial charge is 0.467 e. The fraction of sp³-hybridized carbons (Fsp3) is 0.556. The Balaban J connectivity index is 2.56. The van der Waals surface area contributed by atoms with E-state index in [0.29, 0.717) is 10.6 Å². The molecule has 2 aliphatic rings. The average molecular weight is 371 g/mol. The molecule has 2 unspecified atom stereocenters. The molecule has 0 spiro atoms. The van der Waals surface area contributed by atoms with Crippen molar-refractivity contribution in [3.63, 3.8) is 0 Å². The highest BCUT2D eigenvalue weighted by Gasteiger charge is 2.49. The lowest BCUT2D eigenvalue weighted by molar-refractivity contribution is -0.157. The zero-order valence-electron chi connectivity index (χ0n) is 14.9. The molecule has 0 saturated heterocycles. The Kier molecular flexibility index (Phi) is 5.19. The number of aliphatic hydroxyl groups is 2. The number of rotatable bonds is 3. The zero-order chi connectivity index (χ0) is 19.2. The first kappa shape index (κ1) is 19.7. The van der Waals surface area contributed by atoms with Crippen LogP contribution in [0.2, 0.25) is 0 Å². The standard InChI is InChI=1S/C18H23ClO6/c1-9-15(25-10(2)20)7-13(19)11-6-14(21)12(8-17(9,11)3)18(4,23)16(22)24-5/h6-9,14-15,21,23H,1-5H3/t9-,14?,15-,17+,18?/m0/s1. The normalized spacial score (nSPS) is 33.9. The van der Waals surface area contributed by atoms with Gasteiger partial charge in [-0.15, -0.1) is 0 Å². The number of halogens is 1. The van der Waals surface area contributed by atoms with E-state index in [4.69, 9.17) is 16.3 Å². The number of carbonyl (C=O) groups is 2. The van der Waals surface area contributed by atoms with E-state index in [-0.39, 0.29) is 11.5 Å². The van der Waals surface area contributed by atoms with Gasteiger partial charge in [0.05, 0.1) is 13.2 Å². The lowest BCUT2D eigenvalue weighted by atomic mass is 9.62. The van der Waals surface area contributed by atoms with Crippen molar-refractivity contribution in [1.82, 2.24) is 0 Å². The molecule has 2 aliphatic carbocycles. The van der Waals surface area contributed by atoms with Crippen LogP contribution in [0.15, 0.2) is 34.4 Å². The summed E-state index contributed by atoms with van der Waals surface area (Å²) in [6.45, 7) is 6.31. The lowest BCUT2D eigenvalue weighted by Gasteiger charge is -2.46. The molecule has 2 N–H and O–H groups in total. The molecule has 0 heterocycles. The second kappa shape index (κ2) is 6.59. The molecule has 0 radical (unpaired) electrons. The monoisotopic (exact) mass is 370 g/mol. The summed E-state index contributed by atoms with van der Waals surface area (Å²) in [4.78, 5) is 23.3. The quantitative estimate of drug-likeness (QED) is 0.581. The van der Waals surface area contributed by atoms with Gasteiger partial charge in [0.2, 0.25) is 0 Å². The average Bonchev–Trinajstić information content (AvgIpc) is 2.52. The van der Waals surface area contributed by atoms with E-state index in [1.54, 1.807) is 12.2 Å². The van der Waals surface area contributed by atoms with E-state index < -0.39 is 35.2 Å². The molecule has 5 atom stereocenters. The Morgan fingerprint density at radius 3 is 2.48 bits per heavy atom. The first-order chi connectivity index (χ1) is 11.4. The van der Waals surface area contributed by atoms with Gasteiger partial charge >= 0.3 is 11.9 Å². The van der Waals surface area contributed by atoms with Crippen LogP contribution in [0.3, 0.4) is 0 Å². The summed E-state index contributed by atoms with van der Waals surface area (Å²) in [5, 5.41) is 21.4. The summed E-state index contributed by atoms with van der Waals surface area (Å²) in [6.07, 6.45) is 3.00. The zero-order valence-corrected chi connectivity index (χ0v) is 15.6. The third-order valence-corrected chi connectivity index (χ3v) is 5.46. The van der Waals surface area contributed by atoms with Gasteiger partial charge in [-0.05, 0) is 24.6 Å². The number of allylic oxidation sites excluding steroid dienone is 3. The molecule has 0 aromatic rings. The minimum absolute atomic E-state index is 0.102. The summed E-state index contributed by atoms with van der Waals surface area (Å²) >= 11 is 6.35. The van der Waals surface area contributed by atoms with Gasteiger partial charge in [0, 0.05) is 28.9 Å². The second-order valence-corrected chi connectivity index (χ2v) is 7.26. The molecule has 0 bridgehead atoms. The van der Waals surface area contributed by atoms with Gasteiger partial charge < -0.3 is 19.7 Å². The predicted molar refractivity (Wildman–Crippen MR) is 91.6 cm³/mol. The van der Waals surface area contributed by atoms with E-state index in [9.17, 15) is 19.8 Å². The van der Waals surface area contributed by atoms with E-state index in [0.717, 1.165) is 7.11 Å². The maximum atomic E-state index is 11.9. The Morgan fingerprint density at radius 1 is 1.36 bits per heavy atom. The SMILES string of the molecule is COC(=O)C(C)(O)C1=C[C@@]2(C)C(=CC1O)C(Cl)=C[C@H](OC(C)=O)[C@@H]2C. The van der Waals surface area contributed by atoms with E-state index in [1.807, 2.05) is 13.8 Å². The summed E-state index contributed by atoms with van der Waals surface area (Å²) < 4.78 is 9.97. The van der Waals surface area contributed by atoms with Crippen LogP contribution in [-0.2, 0) is 19.1 Å². The van der Waals surface area contributed by atoms with Gasteiger partial charge in [-0.2, -0.15) is 0 Å². The Labute approximate surface area is 151 Å². The van der Waals surface area contributed by atoms with Crippen LogP contribution in [0, 0.1) is 11.3 Å². The highest BCUT2D eigenvalue weighted by atomic mass is 35.5. The highest BCUT2D eigenvalue weighted by molar-refractivity contribution is 6.32. The molecular weight excluding hydrogens is 348 g/mol. The van der Waals surface area contributed by atoms with Crippen LogP contribution in [0.25, 0.3) is 0 Å². The number of esters is 2. The highest BCUT2D eigenvalue weighted by Crippen LogP contribution is 2.52. The maximum Gasteiger partial charge on any atom is 0.342 e. The van der Waals surface area contributed by atoms with Crippen molar-refractivity contribution in [2.75, 3.05) is 7.11 Å².